The van der Waals surface area contributed by atoms with E-state index in [0.717, 1.165) is 0 Å². The fourth-order valence-electron chi connectivity index (χ4n) is 4.11. The molecule has 8 nitrogen and oxygen atoms in total. The fourth-order valence-corrected chi connectivity index (χ4v) is 4.11. The number of amides is 3. The first-order valence-corrected chi connectivity index (χ1v) is 11.5. The van der Waals surface area contributed by atoms with E-state index in [0.29, 0.717) is 48.6 Å². The number of hydrogen-bond acceptors (Lipinski definition) is 5. The number of piperidine rings is 1. The maximum absolute atomic E-state index is 13.0. The lowest BCUT2D eigenvalue weighted by molar-refractivity contribution is -0.125. The number of carbonyl (C=O) groups is 3. The van der Waals surface area contributed by atoms with Crippen molar-refractivity contribution in [1.82, 2.24) is 15.5 Å². The zero-order valence-corrected chi connectivity index (χ0v) is 20.2. The molecule has 182 valence electrons. The highest BCUT2D eigenvalue weighted by molar-refractivity contribution is 5.98. The Balaban J connectivity index is 1.68. The Bertz CT molecular complexity index is 998. The Morgan fingerprint density at radius 3 is 2.12 bits per heavy atom. The van der Waals surface area contributed by atoms with E-state index in [1.807, 2.05) is 13.8 Å². The zero-order valence-electron chi connectivity index (χ0n) is 20.2. The highest BCUT2D eigenvalue weighted by atomic mass is 16.5. The van der Waals surface area contributed by atoms with E-state index in [-0.39, 0.29) is 29.7 Å². The standard InChI is InChI=1S/C26H33N3O5/c1-17(2)27-25(31)23(28-24(30)19-8-10-21(33-3)11-9-19)18-12-14-29(15-13-18)26(32)20-6-5-7-22(16-20)34-4/h5-11,16-18,23H,12-15H2,1-4H3,(H,27,31)(H,28,30). The van der Waals surface area contributed by atoms with Crippen molar-refractivity contribution in [2.45, 2.75) is 38.8 Å². The third-order valence-corrected chi connectivity index (χ3v) is 5.97. The van der Waals surface area contributed by atoms with Crippen LogP contribution in [0.3, 0.4) is 0 Å². The molecule has 3 amide bonds. The van der Waals surface area contributed by atoms with Crippen molar-refractivity contribution >= 4 is 17.7 Å². The monoisotopic (exact) mass is 467 g/mol. The second-order valence-corrected chi connectivity index (χ2v) is 8.70. The third-order valence-electron chi connectivity index (χ3n) is 5.97. The van der Waals surface area contributed by atoms with Crippen LogP contribution in [-0.4, -0.2) is 62.0 Å². The molecule has 1 fully saturated rings. The first kappa shape index (κ1) is 25.1. The van der Waals surface area contributed by atoms with Crippen molar-refractivity contribution < 1.29 is 23.9 Å². The third kappa shape index (κ3) is 6.27. The number of hydrogen-bond donors (Lipinski definition) is 2. The molecule has 0 saturated carbocycles. The van der Waals surface area contributed by atoms with Gasteiger partial charge < -0.3 is 25.0 Å². The van der Waals surface area contributed by atoms with Gasteiger partial charge in [-0.25, -0.2) is 0 Å². The smallest absolute Gasteiger partial charge is 0.253 e. The molecule has 1 unspecified atom stereocenters. The number of nitrogens with zero attached hydrogens (tertiary/aromatic N) is 1. The van der Waals surface area contributed by atoms with Crippen LogP contribution >= 0.6 is 0 Å². The van der Waals surface area contributed by atoms with Gasteiger partial charge in [0.05, 0.1) is 14.2 Å². The molecule has 1 heterocycles. The van der Waals surface area contributed by atoms with Gasteiger partial charge in [0.2, 0.25) is 5.91 Å². The zero-order chi connectivity index (χ0) is 24.7. The van der Waals surface area contributed by atoms with Crippen LogP contribution < -0.4 is 20.1 Å². The lowest BCUT2D eigenvalue weighted by Gasteiger charge is -2.36. The summed E-state index contributed by atoms with van der Waals surface area (Å²) in [5.41, 5.74) is 1.02. The Kier molecular flexibility index (Phi) is 8.51. The number of likely N-dealkylation sites (tertiary alicyclic amines) is 1. The maximum atomic E-state index is 13.0. The summed E-state index contributed by atoms with van der Waals surface area (Å²) in [7, 11) is 3.13. The summed E-state index contributed by atoms with van der Waals surface area (Å²) in [5, 5.41) is 5.84. The molecule has 2 aromatic rings. The van der Waals surface area contributed by atoms with Gasteiger partial charge in [-0.2, -0.15) is 0 Å². The largest absolute Gasteiger partial charge is 0.497 e. The highest BCUT2D eigenvalue weighted by Gasteiger charge is 2.34. The van der Waals surface area contributed by atoms with E-state index in [1.54, 1.807) is 67.7 Å². The minimum absolute atomic E-state index is 0.0531. The number of nitrogens with one attached hydrogen (secondary N) is 2. The number of ether oxygens (including phenoxy) is 2. The topological polar surface area (TPSA) is 97.0 Å². The molecular weight excluding hydrogens is 434 g/mol. The normalized spacial score (nSPS) is 14.9. The van der Waals surface area contributed by atoms with Crippen LogP contribution in [0, 0.1) is 5.92 Å². The van der Waals surface area contributed by atoms with Crippen LogP contribution in [0.15, 0.2) is 48.5 Å². The number of methoxy groups -OCH3 is 2. The summed E-state index contributed by atoms with van der Waals surface area (Å²) in [4.78, 5) is 40.6. The summed E-state index contributed by atoms with van der Waals surface area (Å²) < 4.78 is 10.4. The molecule has 8 heteroatoms. The quantitative estimate of drug-likeness (QED) is 0.622. The van der Waals surface area contributed by atoms with Crippen LogP contribution in [0.25, 0.3) is 0 Å². The van der Waals surface area contributed by atoms with Crippen molar-refractivity contribution in [2.24, 2.45) is 5.92 Å². The Labute approximate surface area is 200 Å². The van der Waals surface area contributed by atoms with Gasteiger partial charge in [-0.15, -0.1) is 0 Å². The lowest BCUT2D eigenvalue weighted by atomic mass is 9.88. The van der Waals surface area contributed by atoms with Crippen LogP contribution in [0.2, 0.25) is 0 Å². The van der Waals surface area contributed by atoms with Gasteiger partial charge in [0.25, 0.3) is 11.8 Å². The van der Waals surface area contributed by atoms with Gasteiger partial charge >= 0.3 is 0 Å². The molecule has 0 radical (unpaired) electrons. The number of benzene rings is 2. The van der Waals surface area contributed by atoms with Crippen molar-refractivity contribution in [1.29, 1.82) is 0 Å². The average molecular weight is 468 g/mol. The van der Waals surface area contributed by atoms with Gasteiger partial charge in [-0.05, 0) is 75.1 Å². The molecule has 1 saturated heterocycles. The van der Waals surface area contributed by atoms with Gasteiger partial charge in [-0.1, -0.05) is 6.07 Å². The molecule has 1 aliphatic heterocycles. The highest BCUT2D eigenvalue weighted by Crippen LogP contribution is 2.24. The van der Waals surface area contributed by atoms with E-state index < -0.39 is 6.04 Å². The van der Waals surface area contributed by atoms with Crippen LogP contribution in [0.1, 0.15) is 47.4 Å². The molecule has 0 spiro atoms. The van der Waals surface area contributed by atoms with Gasteiger partial charge in [0.15, 0.2) is 0 Å². The Hall–Kier alpha value is -3.55. The molecular formula is C26H33N3O5. The van der Waals surface area contributed by atoms with E-state index in [2.05, 4.69) is 10.6 Å². The first-order valence-electron chi connectivity index (χ1n) is 11.5. The van der Waals surface area contributed by atoms with Crippen molar-refractivity contribution in [3.63, 3.8) is 0 Å². The first-order chi connectivity index (χ1) is 16.3. The summed E-state index contributed by atoms with van der Waals surface area (Å²) in [6.45, 7) is 4.78. The van der Waals surface area contributed by atoms with Gasteiger partial charge in [0.1, 0.15) is 17.5 Å². The second kappa shape index (κ2) is 11.5. The van der Waals surface area contributed by atoms with E-state index in [1.165, 1.54) is 0 Å². The SMILES string of the molecule is COc1ccc(C(=O)NC(C(=O)NC(C)C)C2CCN(C(=O)c3cccc(OC)c3)CC2)cc1. The van der Waals surface area contributed by atoms with Crippen LogP contribution in [-0.2, 0) is 4.79 Å². The number of carbonyl (C=O) groups excluding carboxylic acids is 3. The predicted molar refractivity (Wildman–Crippen MR) is 129 cm³/mol. The maximum Gasteiger partial charge on any atom is 0.253 e. The fraction of sp³-hybridized carbons (Fsp3) is 0.423. The summed E-state index contributed by atoms with van der Waals surface area (Å²) in [6, 6.07) is 13.1. The molecule has 0 bridgehead atoms. The second-order valence-electron chi connectivity index (χ2n) is 8.70. The van der Waals surface area contributed by atoms with Gasteiger partial charge in [0, 0.05) is 30.3 Å². The molecule has 0 aromatic heterocycles. The Morgan fingerprint density at radius 2 is 1.53 bits per heavy atom. The molecule has 3 rings (SSSR count). The average Bonchev–Trinajstić information content (AvgIpc) is 2.86. The van der Waals surface area contributed by atoms with E-state index in [4.69, 9.17) is 9.47 Å². The molecule has 1 aliphatic rings. The number of rotatable bonds is 8. The minimum atomic E-state index is -0.689. The van der Waals surface area contributed by atoms with Gasteiger partial charge in [-0.3, -0.25) is 14.4 Å². The Morgan fingerprint density at radius 1 is 0.882 bits per heavy atom. The summed E-state index contributed by atoms with van der Waals surface area (Å²) in [6.07, 6.45) is 1.21. The molecule has 0 aliphatic carbocycles. The van der Waals surface area contributed by atoms with E-state index in [9.17, 15) is 14.4 Å². The molecule has 2 N–H and O–H groups in total. The molecule has 34 heavy (non-hydrogen) atoms. The van der Waals surface area contributed by atoms with Crippen molar-refractivity contribution in [2.75, 3.05) is 27.3 Å². The van der Waals surface area contributed by atoms with Crippen LogP contribution in [0.5, 0.6) is 11.5 Å². The lowest BCUT2D eigenvalue weighted by Crippen LogP contribution is -2.54. The molecule has 2 aromatic carbocycles. The summed E-state index contributed by atoms with van der Waals surface area (Å²) in [5.74, 6) is 0.597. The summed E-state index contributed by atoms with van der Waals surface area (Å²) >= 11 is 0. The van der Waals surface area contributed by atoms with E-state index >= 15 is 0 Å². The minimum Gasteiger partial charge on any atom is -0.497 e. The predicted octanol–water partition coefficient (Wildman–Crippen LogP) is 2.88. The van der Waals surface area contributed by atoms with Crippen molar-refractivity contribution in [3.05, 3.63) is 59.7 Å². The van der Waals surface area contributed by atoms with Crippen LogP contribution in [0.4, 0.5) is 0 Å². The molecule has 1 atom stereocenters. The van der Waals surface area contributed by atoms with Crippen molar-refractivity contribution in [3.8, 4) is 11.5 Å².